The number of aromatic nitrogens is 1. The van der Waals surface area contributed by atoms with E-state index in [4.69, 9.17) is 9.84 Å². The van der Waals surface area contributed by atoms with Crippen molar-refractivity contribution in [3.05, 3.63) is 52.0 Å². The van der Waals surface area contributed by atoms with E-state index < -0.39 is 11.6 Å². The summed E-state index contributed by atoms with van der Waals surface area (Å²) in [6.45, 7) is 1.84. The van der Waals surface area contributed by atoms with E-state index in [1.807, 2.05) is 30.3 Å². The first-order valence-electron chi connectivity index (χ1n) is 6.54. The van der Waals surface area contributed by atoms with Gasteiger partial charge in [-0.25, -0.2) is 9.78 Å². The molecule has 1 atom stereocenters. The molecule has 0 aliphatic carbocycles. The Balaban J connectivity index is 2.08. The topological polar surface area (TPSA) is 88.5 Å². The molecule has 1 amide bonds. The van der Waals surface area contributed by atoms with Gasteiger partial charge in [0.05, 0.1) is 6.54 Å². The lowest BCUT2D eigenvalue weighted by Gasteiger charge is -2.27. The average molecular weight is 320 g/mol. The molecule has 0 unspecified atom stereocenters. The molecule has 2 N–H and O–H groups in total. The fourth-order valence-electron chi connectivity index (χ4n) is 1.91. The second-order valence-electron chi connectivity index (χ2n) is 4.72. The smallest absolute Gasteiger partial charge is 0.355 e. The number of hydrogen-bond donors (Lipinski definition) is 2. The quantitative estimate of drug-likeness (QED) is 0.850. The van der Waals surface area contributed by atoms with E-state index in [0.717, 1.165) is 5.56 Å². The van der Waals surface area contributed by atoms with Crippen LogP contribution in [0.25, 0.3) is 0 Å². The van der Waals surface area contributed by atoms with E-state index in [0.29, 0.717) is 5.01 Å². The number of nitrogens with one attached hydrogen (secondary N) is 1. The SMILES string of the molecule is CO[C@](C)(C(=O)NCc1nc(C(=O)O)cs1)c1ccccc1. The second kappa shape index (κ2) is 6.67. The number of ether oxygens (including phenoxy) is 1. The van der Waals surface area contributed by atoms with Crippen LogP contribution in [0.2, 0.25) is 0 Å². The Morgan fingerprint density at radius 1 is 1.36 bits per heavy atom. The number of amides is 1. The highest BCUT2D eigenvalue weighted by atomic mass is 32.1. The van der Waals surface area contributed by atoms with Gasteiger partial charge in [0.15, 0.2) is 11.3 Å². The Morgan fingerprint density at radius 3 is 2.59 bits per heavy atom. The van der Waals surface area contributed by atoms with Crippen molar-refractivity contribution in [3.8, 4) is 0 Å². The fraction of sp³-hybridized carbons (Fsp3) is 0.267. The molecule has 2 aromatic rings. The second-order valence-corrected chi connectivity index (χ2v) is 5.66. The molecule has 22 heavy (non-hydrogen) atoms. The minimum Gasteiger partial charge on any atom is -0.476 e. The Morgan fingerprint density at radius 2 is 2.05 bits per heavy atom. The number of carbonyl (C=O) groups is 2. The van der Waals surface area contributed by atoms with Gasteiger partial charge in [-0.2, -0.15) is 0 Å². The van der Waals surface area contributed by atoms with E-state index in [-0.39, 0.29) is 18.1 Å². The van der Waals surface area contributed by atoms with Crippen LogP contribution < -0.4 is 5.32 Å². The van der Waals surface area contributed by atoms with Crippen molar-refractivity contribution < 1.29 is 19.4 Å². The lowest BCUT2D eigenvalue weighted by Crippen LogP contribution is -2.43. The van der Waals surface area contributed by atoms with Gasteiger partial charge in [-0.3, -0.25) is 4.79 Å². The Labute approximate surface area is 131 Å². The zero-order valence-corrected chi connectivity index (χ0v) is 13.0. The third-order valence-electron chi connectivity index (χ3n) is 3.34. The van der Waals surface area contributed by atoms with E-state index in [9.17, 15) is 9.59 Å². The van der Waals surface area contributed by atoms with Gasteiger partial charge in [-0.05, 0) is 12.5 Å². The first-order chi connectivity index (χ1) is 10.5. The van der Waals surface area contributed by atoms with Crippen LogP contribution in [0.1, 0.15) is 28.0 Å². The number of carboxylic acid groups (broad SMARTS) is 1. The Bertz CT molecular complexity index is 671. The molecule has 2 rings (SSSR count). The molecule has 0 saturated carbocycles. The van der Waals surface area contributed by atoms with Crippen molar-refractivity contribution in [1.82, 2.24) is 10.3 Å². The first-order valence-corrected chi connectivity index (χ1v) is 7.42. The minimum atomic E-state index is -1.12. The summed E-state index contributed by atoms with van der Waals surface area (Å²) in [5.74, 6) is -1.40. The maximum absolute atomic E-state index is 12.4. The van der Waals surface area contributed by atoms with Crippen molar-refractivity contribution in [2.45, 2.75) is 19.1 Å². The Hall–Kier alpha value is -2.25. The van der Waals surface area contributed by atoms with Crippen molar-refractivity contribution >= 4 is 23.2 Å². The van der Waals surface area contributed by atoms with Crippen molar-refractivity contribution in [2.75, 3.05) is 7.11 Å². The molecule has 0 spiro atoms. The molecule has 1 heterocycles. The van der Waals surface area contributed by atoms with Gasteiger partial charge in [-0.1, -0.05) is 30.3 Å². The highest BCUT2D eigenvalue weighted by Crippen LogP contribution is 2.24. The number of methoxy groups -OCH3 is 1. The first kappa shape index (κ1) is 16.1. The molecule has 0 aliphatic rings. The minimum absolute atomic E-state index is 0.0215. The largest absolute Gasteiger partial charge is 0.476 e. The maximum Gasteiger partial charge on any atom is 0.355 e. The summed E-state index contributed by atoms with van der Waals surface area (Å²) in [6.07, 6.45) is 0. The molecular weight excluding hydrogens is 304 g/mol. The van der Waals surface area contributed by atoms with Crippen LogP contribution in [-0.4, -0.2) is 29.1 Å². The number of aromatic carboxylic acids is 1. The van der Waals surface area contributed by atoms with Gasteiger partial charge in [0.2, 0.25) is 0 Å². The molecule has 7 heteroatoms. The number of hydrogen-bond acceptors (Lipinski definition) is 5. The van der Waals surface area contributed by atoms with Crippen LogP contribution in [0.15, 0.2) is 35.7 Å². The molecule has 1 aromatic carbocycles. The van der Waals surface area contributed by atoms with Crippen molar-refractivity contribution in [3.63, 3.8) is 0 Å². The van der Waals surface area contributed by atoms with Crippen molar-refractivity contribution in [1.29, 1.82) is 0 Å². The zero-order valence-electron chi connectivity index (χ0n) is 12.2. The maximum atomic E-state index is 12.4. The summed E-state index contributed by atoms with van der Waals surface area (Å²) in [4.78, 5) is 27.1. The number of carboxylic acids is 1. The third kappa shape index (κ3) is 3.32. The summed E-state index contributed by atoms with van der Waals surface area (Å²) in [5, 5.41) is 13.5. The fourth-order valence-corrected chi connectivity index (χ4v) is 2.62. The number of benzene rings is 1. The van der Waals surface area contributed by atoms with E-state index in [1.54, 1.807) is 6.92 Å². The number of carbonyl (C=O) groups excluding carboxylic acids is 1. The lowest BCUT2D eigenvalue weighted by molar-refractivity contribution is -0.142. The van der Waals surface area contributed by atoms with Gasteiger partial charge >= 0.3 is 5.97 Å². The van der Waals surface area contributed by atoms with Crippen molar-refractivity contribution in [2.24, 2.45) is 0 Å². The van der Waals surface area contributed by atoms with Gasteiger partial charge in [0.25, 0.3) is 5.91 Å². The predicted molar refractivity (Wildman–Crippen MR) is 81.7 cm³/mol. The average Bonchev–Trinajstić information content (AvgIpc) is 3.02. The van der Waals surface area contributed by atoms with Crippen LogP contribution in [0.4, 0.5) is 0 Å². The predicted octanol–water partition coefficient (Wildman–Crippen LogP) is 2.02. The third-order valence-corrected chi connectivity index (χ3v) is 4.19. The number of thiazole rings is 1. The molecule has 116 valence electrons. The van der Waals surface area contributed by atoms with Crippen LogP contribution in [0.3, 0.4) is 0 Å². The number of nitrogens with zero attached hydrogens (tertiary/aromatic N) is 1. The summed E-state index contributed by atoms with van der Waals surface area (Å²) in [6, 6.07) is 9.16. The Kier molecular flexibility index (Phi) is 4.89. The molecule has 0 saturated heterocycles. The van der Waals surface area contributed by atoms with Crippen LogP contribution in [0, 0.1) is 0 Å². The summed E-state index contributed by atoms with van der Waals surface area (Å²) >= 11 is 1.19. The molecule has 0 radical (unpaired) electrons. The summed E-state index contributed by atoms with van der Waals surface area (Å²) in [5.41, 5.74) is -0.402. The summed E-state index contributed by atoms with van der Waals surface area (Å²) in [7, 11) is 1.47. The van der Waals surface area contributed by atoms with Crippen LogP contribution in [0.5, 0.6) is 0 Å². The molecule has 1 aromatic heterocycles. The lowest BCUT2D eigenvalue weighted by atomic mass is 9.95. The van der Waals surface area contributed by atoms with E-state index >= 15 is 0 Å². The van der Waals surface area contributed by atoms with Gasteiger partial charge in [0.1, 0.15) is 5.01 Å². The normalized spacial score (nSPS) is 13.4. The highest BCUT2D eigenvalue weighted by Gasteiger charge is 2.34. The number of rotatable bonds is 6. The molecular formula is C15H16N2O4S. The molecule has 0 aliphatic heterocycles. The van der Waals surface area contributed by atoms with E-state index in [1.165, 1.54) is 23.8 Å². The van der Waals surface area contributed by atoms with Gasteiger partial charge in [-0.15, -0.1) is 11.3 Å². The monoisotopic (exact) mass is 320 g/mol. The molecule has 6 nitrogen and oxygen atoms in total. The van der Waals surface area contributed by atoms with E-state index in [2.05, 4.69) is 10.3 Å². The summed E-state index contributed by atoms with van der Waals surface area (Å²) < 4.78 is 5.39. The molecule has 0 fully saturated rings. The van der Waals surface area contributed by atoms with Crippen LogP contribution >= 0.6 is 11.3 Å². The van der Waals surface area contributed by atoms with Gasteiger partial charge in [0, 0.05) is 12.5 Å². The van der Waals surface area contributed by atoms with Crippen LogP contribution in [-0.2, 0) is 21.7 Å². The highest BCUT2D eigenvalue weighted by molar-refractivity contribution is 7.09. The molecule has 0 bridgehead atoms. The standard InChI is InChI=1S/C15H16N2O4S/c1-15(21-2,10-6-4-3-5-7-10)14(20)16-8-12-17-11(9-22-12)13(18)19/h3-7,9H,8H2,1-2H3,(H,16,20)(H,18,19)/t15-/m0/s1. The zero-order chi connectivity index (χ0) is 16.2. The van der Waals surface area contributed by atoms with Gasteiger partial charge < -0.3 is 15.2 Å².